The highest BCUT2D eigenvalue weighted by Crippen LogP contribution is 2.24. The fourth-order valence-electron chi connectivity index (χ4n) is 3.86. The van der Waals surface area contributed by atoms with E-state index >= 15 is 0 Å². The standard InChI is InChI=1S/C25H26N4O2/c1-16(2)19-10-12-20(13-11-19)26-22(30)15-28-23(31)14-17(3)24-18(4)27-29(25(24)28)21-8-6-5-7-9-21/h5-14,16H,15H2,1-4H3,(H,26,30). The number of anilines is 1. The van der Waals surface area contributed by atoms with Crippen molar-refractivity contribution in [2.45, 2.75) is 40.2 Å². The summed E-state index contributed by atoms with van der Waals surface area (Å²) in [6.07, 6.45) is 0. The number of benzene rings is 2. The first-order chi connectivity index (χ1) is 14.8. The predicted octanol–water partition coefficient (Wildman–Crippen LogP) is 4.57. The van der Waals surface area contributed by atoms with Crippen molar-refractivity contribution < 1.29 is 4.79 Å². The molecule has 2 aromatic carbocycles. The molecule has 0 saturated heterocycles. The minimum atomic E-state index is -0.261. The maximum atomic E-state index is 12.9. The molecule has 0 bridgehead atoms. The summed E-state index contributed by atoms with van der Waals surface area (Å²) in [6.45, 7) is 7.97. The van der Waals surface area contributed by atoms with Gasteiger partial charge < -0.3 is 5.32 Å². The topological polar surface area (TPSA) is 68.9 Å². The van der Waals surface area contributed by atoms with Crippen LogP contribution in [0.5, 0.6) is 0 Å². The van der Waals surface area contributed by atoms with Gasteiger partial charge in [0.1, 0.15) is 12.2 Å². The van der Waals surface area contributed by atoms with E-state index in [1.165, 1.54) is 10.1 Å². The highest BCUT2D eigenvalue weighted by Gasteiger charge is 2.18. The third kappa shape index (κ3) is 4.01. The molecule has 1 N–H and O–H groups in total. The summed E-state index contributed by atoms with van der Waals surface area (Å²) in [5, 5.41) is 8.45. The average molecular weight is 415 g/mol. The van der Waals surface area contributed by atoms with Crippen molar-refractivity contribution in [3.05, 3.63) is 87.8 Å². The van der Waals surface area contributed by atoms with Gasteiger partial charge in [-0.15, -0.1) is 0 Å². The molecule has 4 aromatic rings. The molecule has 0 aliphatic heterocycles. The number of nitrogens with zero attached hydrogens (tertiary/aromatic N) is 3. The fraction of sp³-hybridized carbons (Fsp3) is 0.240. The number of para-hydroxylation sites is 1. The van der Waals surface area contributed by atoms with Crippen LogP contribution in [-0.2, 0) is 11.3 Å². The van der Waals surface area contributed by atoms with Crippen LogP contribution in [0.3, 0.4) is 0 Å². The van der Waals surface area contributed by atoms with E-state index in [9.17, 15) is 9.59 Å². The Bertz CT molecular complexity index is 1300. The van der Waals surface area contributed by atoms with E-state index in [1.807, 2.05) is 68.4 Å². The number of hydrogen-bond donors (Lipinski definition) is 1. The highest BCUT2D eigenvalue weighted by atomic mass is 16.2. The number of rotatable bonds is 5. The van der Waals surface area contributed by atoms with Crippen molar-refractivity contribution in [1.82, 2.24) is 14.3 Å². The molecule has 0 radical (unpaired) electrons. The quantitative estimate of drug-likeness (QED) is 0.520. The van der Waals surface area contributed by atoms with Crippen LogP contribution in [0.4, 0.5) is 5.69 Å². The van der Waals surface area contributed by atoms with Gasteiger partial charge in [-0.05, 0) is 55.2 Å². The van der Waals surface area contributed by atoms with Gasteiger partial charge in [-0.3, -0.25) is 14.2 Å². The molecule has 0 spiro atoms. The summed E-state index contributed by atoms with van der Waals surface area (Å²) in [7, 11) is 0. The molecule has 2 heterocycles. The first-order valence-electron chi connectivity index (χ1n) is 10.4. The lowest BCUT2D eigenvalue weighted by Crippen LogP contribution is -2.29. The first kappa shape index (κ1) is 20.6. The number of aromatic nitrogens is 3. The second kappa shape index (κ2) is 8.22. The smallest absolute Gasteiger partial charge is 0.252 e. The summed E-state index contributed by atoms with van der Waals surface area (Å²) >= 11 is 0. The first-order valence-corrected chi connectivity index (χ1v) is 10.4. The van der Waals surface area contributed by atoms with Crippen LogP contribution in [-0.4, -0.2) is 20.3 Å². The Morgan fingerprint density at radius 3 is 2.35 bits per heavy atom. The Morgan fingerprint density at radius 1 is 1.03 bits per heavy atom. The van der Waals surface area contributed by atoms with Crippen molar-refractivity contribution in [2.24, 2.45) is 0 Å². The zero-order chi connectivity index (χ0) is 22.1. The Kier molecular flexibility index (Phi) is 5.46. The van der Waals surface area contributed by atoms with Crippen LogP contribution in [0.1, 0.15) is 36.6 Å². The largest absolute Gasteiger partial charge is 0.325 e. The molecule has 0 unspecified atom stereocenters. The van der Waals surface area contributed by atoms with Crippen molar-refractivity contribution in [1.29, 1.82) is 0 Å². The summed E-state index contributed by atoms with van der Waals surface area (Å²) in [4.78, 5) is 25.7. The number of pyridine rings is 1. The second-order valence-electron chi connectivity index (χ2n) is 8.11. The number of carbonyl (C=O) groups excluding carboxylic acids is 1. The van der Waals surface area contributed by atoms with Crippen LogP contribution in [0.25, 0.3) is 16.7 Å². The maximum absolute atomic E-state index is 12.9. The lowest BCUT2D eigenvalue weighted by atomic mass is 10.0. The molecule has 0 saturated carbocycles. The molecule has 0 aliphatic rings. The zero-order valence-corrected chi connectivity index (χ0v) is 18.2. The summed E-state index contributed by atoms with van der Waals surface area (Å²) in [5.41, 5.74) is 4.81. The number of fused-ring (bicyclic) bond motifs is 1. The number of carbonyl (C=O) groups is 1. The van der Waals surface area contributed by atoms with Crippen LogP contribution in [0, 0.1) is 13.8 Å². The van der Waals surface area contributed by atoms with E-state index in [0.29, 0.717) is 17.3 Å². The van der Waals surface area contributed by atoms with Crippen molar-refractivity contribution in [3.8, 4) is 5.69 Å². The molecule has 0 atom stereocenters. The number of hydrogen-bond acceptors (Lipinski definition) is 3. The lowest BCUT2D eigenvalue weighted by molar-refractivity contribution is -0.116. The third-order valence-corrected chi connectivity index (χ3v) is 5.46. The SMILES string of the molecule is Cc1cc(=O)n(CC(=O)Nc2ccc(C(C)C)cc2)c2c1c(C)nn2-c1ccccc1. The van der Waals surface area contributed by atoms with Crippen LogP contribution in [0.2, 0.25) is 0 Å². The van der Waals surface area contributed by atoms with Gasteiger partial charge in [0.15, 0.2) is 0 Å². The van der Waals surface area contributed by atoms with Gasteiger partial charge in [-0.2, -0.15) is 5.10 Å². The van der Waals surface area contributed by atoms with Gasteiger partial charge in [-0.1, -0.05) is 44.2 Å². The van der Waals surface area contributed by atoms with E-state index in [-0.39, 0.29) is 18.0 Å². The Labute approximate surface area is 181 Å². The summed E-state index contributed by atoms with van der Waals surface area (Å²) in [5.74, 6) is 0.161. The molecule has 158 valence electrons. The van der Waals surface area contributed by atoms with E-state index < -0.39 is 0 Å². The minimum absolute atomic E-state index is 0.0977. The van der Waals surface area contributed by atoms with Gasteiger partial charge in [0.2, 0.25) is 5.91 Å². The van der Waals surface area contributed by atoms with E-state index in [0.717, 1.165) is 22.3 Å². The molecular weight excluding hydrogens is 388 g/mol. The Hall–Kier alpha value is -3.67. The summed E-state index contributed by atoms with van der Waals surface area (Å²) < 4.78 is 3.23. The second-order valence-corrected chi connectivity index (χ2v) is 8.11. The van der Waals surface area contributed by atoms with E-state index in [4.69, 9.17) is 0 Å². The third-order valence-electron chi connectivity index (χ3n) is 5.46. The van der Waals surface area contributed by atoms with E-state index in [2.05, 4.69) is 24.3 Å². The normalized spacial score (nSPS) is 11.3. The van der Waals surface area contributed by atoms with Crippen LogP contribution in [0.15, 0.2) is 65.5 Å². The molecule has 6 heteroatoms. The predicted molar refractivity (Wildman–Crippen MR) is 124 cm³/mol. The molecule has 0 aliphatic carbocycles. The highest BCUT2D eigenvalue weighted by molar-refractivity contribution is 5.92. The lowest BCUT2D eigenvalue weighted by Gasteiger charge is -2.13. The summed E-state index contributed by atoms with van der Waals surface area (Å²) in [6, 6.07) is 19.0. The maximum Gasteiger partial charge on any atom is 0.252 e. The number of nitrogens with one attached hydrogen (secondary N) is 1. The van der Waals surface area contributed by atoms with Crippen LogP contribution < -0.4 is 10.9 Å². The minimum Gasteiger partial charge on any atom is -0.325 e. The Balaban J connectivity index is 1.73. The molecule has 0 fully saturated rings. The fourth-order valence-corrected chi connectivity index (χ4v) is 3.86. The van der Waals surface area contributed by atoms with Gasteiger partial charge in [-0.25, -0.2) is 4.68 Å². The molecule has 6 nitrogen and oxygen atoms in total. The molecular formula is C25H26N4O2. The number of amides is 1. The van der Waals surface area contributed by atoms with Gasteiger partial charge in [0, 0.05) is 17.1 Å². The molecule has 2 aromatic heterocycles. The molecule has 4 rings (SSSR count). The van der Waals surface area contributed by atoms with E-state index in [1.54, 1.807) is 10.7 Å². The zero-order valence-electron chi connectivity index (χ0n) is 18.2. The average Bonchev–Trinajstić information content (AvgIpc) is 3.09. The van der Waals surface area contributed by atoms with Crippen molar-refractivity contribution in [3.63, 3.8) is 0 Å². The van der Waals surface area contributed by atoms with Gasteiger partial charge in [0.05, 0.1) is 11.4 Å². The Morgan fingerprint density at radius 2 is 1.71 bits per heavy atom. The van der Waals surface area contributed by atoms with Gasteiger partial charge in [0.25, 0.3) is 5.56 Å². The van der Waals surface area contributed by atoms with Crippen LogP contribution >= 0.6 is 0 Å². The monoisotopic (exact) mass is 414 g/mol. The van der Waals surface area contributed by atoms with Gasteiger partial charge >= 0.3 is 0 Å². The molecule has 31 heavy (non-hydrogen) atoms. The van der Waals surface area contributed by atoms with Crippen molar-refractivity contribution >= 4 is 22.6 Å². The number of aryl methyl sites for hydroxylation is 2. The molecule has 1 amide bonds. The van der Waals surface area contributed by atoms with Crippen molar-refractivity contribution in [2.75, 3.05) is 5.32 Å².